The van der Waals surface area contributed by atoms with E-state index in [1.165, 1.54) is 16.4 Å². The summed E-state index contributed by atoms with van der Waals surface area (Å²) in [4.78, 5) is 14.6. The summed E-state index contributed by atoms with van der Waals surface area (Å²) >= 11 is 1.47. The Hall–Kier alpha value is -0.940. The zero-order chi connectivity index (χ0) is 10.3. The van der Waals surface area contributed by atoms with Crippen molar-refractivity contribution in [1.82, 2.24) is 4.37 Å². The largest absolute Gasteiger partial charge is 0.320 e. The van der Waals surface area contributed by atoms with E-state index < -0.39 is 0 Å². The van der Waals surface area contributed by atoms with Gasteiger partial charge in [-0.15, -0.1) is 0 Å². The lowest BCUT2D eigenvalue weighted by molar-refractivity contribution is -0.119. The summed E-state index contributed by atoms with van der Waals surface area (Å²) < 4.78 is 4.26. The second-order valence-corrected chi connectivity index (χ2v) is 4.44. The van der Waals surface area contributed by atoms with Crippen LogP contribution < -0.4 is 10.6 Å². The fourth-order valence-corrected chi connectivity index (χ4v) is 2.69. The van der Waals surface area contributed by atoms with E-state index in [0.717, 1.165) is 24.2 Å². The molecule has 0 spiro atoms. The number of aryl methyl sites for hydroxylation is 2. The topological polar surface area (TPSA) is 59.2 Å². The van der Waals surface area contributed by atoms with Crippen LogP contribution >= 0.6 is 11.5 Å². The molecular formula is C9H13N3OS. The summed E-state index contributed by atoms with van der Waals surface area (Å²) in [5.41, 5.74) is 7.64. The van der Waals surface area contributed by atoms with Gasteiger partial charge in [0.05, 0.1) is 17.4 Å². The molecule has 1 aliphatic heterocycles. The molecule has 1 atom stereocenters. The van der Waals surface area contributed by atoms with Crippen LogP contribution in [0.15, 0.2) is 0 Å². The summed E-state index contributed by atoms with van der Waals surface area (Å²) in [5.74, 6) is -0.00736. The Kier molecular flexibility index (Phi) is 2.28. The number of likely N-dealkylation sites (N-methyl/N-ethyl adjacent to an activating group) is 1. The molecule has 0 aliphatic carbocycles. The minimum atomic E-state index is -0.362. The first-order chi connectivity index (χ1) is 6.61. The van der Waals surface area contributed by atoms with Gasteiger partial charge in [0.25, 0.3) is 0 Å². The molecule has 2 heterocycles. The van der Waals surface area contributed by atoms with E-state index in [1.54, 1.807) is 11.9 Å². The van der Waals surface area contributed by atoms with E-state index in [-0.39, 0.29) is 11.9 Å². The van der Waals surface area contributed by atoms with Crippen LogP contribution in [-0.2, 0) is 11.2 Å². The van der Waals surface area contributed by atoms with Crippen molar-refractivity contribution >= 4 is 23.1 Å². The molecule has 1 aromatic heterocycles. The molecule has 1 aromatic rings. The number of anilines is 1. The molecule has 4 nitrogen and oxygen atoms in total. The Bertz CT molecular complexity index is 374. The maximum Gasteiger partial charge on any atom is 0.243 e. The first-order valence-corrected chi connectivity index (χ1v) is 5.37. The van der Waals surface area contributed by atoms with Crippen molar-refractivity contribution in [3.8, 4) is 0 Å². The van der Waals surface area contributed by atoms with Gasteiger partial charge in [0, 0.05) is 11.9 Å². The third-order valence-electron chi connectivity index (χ3n) is 2.57. The Morgan fingerprint density at radius 1 is 1.64 bits per heavy atom. The molecule has 5 heteroatoms. The number of hydrogen-bond acceptors (Lipinski definition) is 4. The van der Waals surface area contributed by atoms with Gasteiger partial charge in [0.15, 0.2) is 0 Å². The van der Waals surface area contributed by atoms with Gasteiger partial charge in [-0.3, -0.25) is 4.79 Å². The quantitative estimate of drug-likeness (QED) is 0.686. The van der Waals surface area contributed by atoms with Crippen LogP contribution in [0.2, 0.25) is 0 Å². The van der Waals surface area contributed by atoms with Crippen molar-refractivity contribution in [2.45, 2.75) is 25.8 Å². The number of aromatic nitrogens is 1. The van der Waals surface area contributed by atoms with Crippen molar-refractivity contribution in [2.75, 3.05) is 11.9 Å². The number of rotatable bonds is 0. The van der Waals surface area contributed by atoms with Gasteiger partial charge < -0.3 is 10.6 Å². The third kappa shape index (κ3) is 1.33. The average molecular weight is 211 g/mol. The lowest BCUT2D eigenvalue weighted by Gasteiger charge is -2.17. The zero-order valence-corrected chi connectivity index (χ0v) is 9.10. The van der Waals surface area contributed by atoms with Crippen molar-refractivity contribution in [3.63, 3.8) is 0 Å². The van der Waals surface area contributed by atoms with E-state index in [0.29, 0.717) is 0 Å². The van der Waals surface area contributed by atoms with Crippen LogP contribution in [0.4, 0.5) is 5.69 Å². The molecular weight excluding hydrogens is 198 g/mol. The van der Waals surface area contributed by atoms with E-state index in [9.17, 15) is 4.79 Å². The van der Waals surface area contributed by atoms with Crippen molar-refractivity contribution in [1.29, 1.82) is 0 Å². The molecule has 14 heavy (non-hydrogen) atoms. The number of amides is 1. The minimum absolute atomic E-state index is 0.00736. The van der Waals surface area contributed by atoms with E-state index in [2.05, 4.69) is 4.37 Å². The average Bonchev–Trinajstić information content (AvgIpc) is 2.49. The van der Waals surface area contributed by atoms with Crippen LogP contribution in [0, 0.1) is 6.92 Å². The number of carbonyl (C=O) groups is 1. The van der Waals surface area contributed by atoms with Crippen molar-refractivity contribution in [2.24, 2.45) is 5.73 Å². The van der Waals surface area contributed by atoms with Gasteiger partial charge in [-0.1, -0.05) is 0 Å². The smallest absolute Gasteiger partial charge is 0.243 e. The summed E-state index contributed by atoms with van der Waals surface area (Å²) in [6, 6.07) is -0.362. The highest BCUT2D eigenvalue weighted by molar-refractivity contribution is 7.06. The van der Waals surface area contributed by atoms with E-state index in [1.807, 2.05) is 6.92 Å². The first-order valence-electron chi connectivity index (χ1n) is 4.59. The van der Waals surface area contributed by atoms with Gasteiger partial charge in [-0.2, -0.15) is 4.37 Å². The third-order valence-corrected chi connectivity index (χ3v) is 3.55. The van der Waals surface area contributed by atoms with Crippen LogP contribution in [-0.4, -0.2) is 23.4 Å². The van der Waals surface area contributed by atoms with Gasteiger partial charge in [0.1, 0.15) is 0 Å². The predicted molar refractivity (Wildman–Crippen MR) is 56.6 cm³/mol. The predicted octanol–water partition coefficient (Wildman–Crippen LogP) is 0.688. The lowest BCUT2D eigenvalue weighted by Crippen LogP contribution is -2.40. The summed E-state index contributed by atoms with van der Waals surface area (Å²) in [5, 5.41) is 0. The minimum Gasteiger partial charge on any atom is -0.320 e. The van der Waals surface area contributed by atoms with Crippen LogP contribution in [0.5, 0.6) is 0 Å². The number of hydrogen-bond donors (Lipinski definition) is 1. The zero-order valence-electron chi connectivity index (χ0n) is 8.28. The highest BCUT2D eigenvalue weighted by Gasteiger charge is 2.28. The van der Waals surface area contributed by atoms with Crippen LogP contribution in [0.1, 0.15) is 17.0 Å². The van der Waals surface area contributed by atoms with Gasteiger partial charge in [0.2, 0.25) is 5.91 Å². The molecule has 0 radical (unpaired) electrons. The molecule has 1 aliphatic rings. The normalized spacial score (nSPS) is 22.1. The Balaban J connectivity index is 2.47. The van der Waals surface area contributed by atoms with Crippen LogP contribution in [0.25, 0.3) is 0 Å². The highest BCUT2D eigenvalue weighted by Crippen LogP contribution is 2.31. The number of nitrogens with two attached hydrogens (primary N) is 1. The summed E-state index contributed by atoms with van der Waals surface area (Å²) in [6.45, 7) is 1.93. The molecule has 76 valence electrons. The van der Waals surface area contributed by atoms with E-state index >= 15 is 0 Å². The second-order valence-electron chi connectivity index (χ2n) is 3.58. The van der Waals surface area contributed by atoms with Gasteiger partial charge >= 0.3 is 0 Å². The Morgan fingerprint density at radius 3 is 3.07 bits per heavy atom. The Labute approximate surface area is 86.9 Å². The molecule has 0 aromatic carbocycles. The summed E-state index contributed by atoms with van der Waals surface area (Å²) in [7, 11) is 1.77. The maximum atomic E-state index is 11.7. The fourth-order valence-electron chi connectivity index (χ4n) is 1.77. The molecule has 0 unspecified atom stereocenters. The molecule has 0 bridgehead atoms. The van der Waals surface area contributed by atoms with Crippen LogP contribution in [0.3, 0.4) is 0 Å². The molecule has 2 N–H and O–H groups in total. The number of fused-ring (bicyclic) bond motifs is 1. The van der Waals surface area contributed by atoms with Crippen molar-refractivity contribution in [3.05, 3.63) is 10.6 Å². The molecule has 0 saturated heterocycles. The molecule has 0 saturated carbocycles. The SMILES string of the molecule is Cc1nsc2c1N(C)C(=O)[C@@H](N)CC2. The van der Waals surface area contributed by atoms with E-state index in [4.69, 9.17) is 5.73 Å². The first kappa shape index (κ1) is 9.61. The highest BCUT2D eigenvalue weighted by atomic mass is 32.1. The monoisotopic (exact) mass is 211 g/mol. The second kappa shape index (κ2) is 3.33. The molecule has 2 rings (SSSR count). The number of nitrogens with zero attached hydrogens (tertiary/aromatic N) is 2. The van der Waals surface area contributed by atoms with Gasteiger partial charge in [-0.25, -0.2) is 0 Å². The van der Waals surface area contributed by atoms with Crippen molar-refractivity contribution < 1.29 is 4.79 Å². The number of carbonyl (C=O) groups excluding carboxylic acids is 1. The lowest BCUT2D eigenvalue weighted by atomic mass is 10.1. The van der Waals surface area contributed by atoms with Gasteiger partial charge in [-0.05, 0) is 31.3 Å². The maximum absolute atomic E-state index is 11.7. The fraction of sp³-hybridized carbons (Fsp3) is 0.556. The molecule has 0 fully saturated rings. The standard InChI is InChI=1S/C9H13N3OS/c1-5-8-7(14-11-5)4-3-6(10)9(13)12(8)2/h6H,3-4,10H2,1-2H3/t6-/m0/s1. The molecule has 1 amide bonds. The Morgan fingerprint density at radius 2 is 2.36 bits per heavy atom. The summed E-state index contributed by atoms with van der Waals surface area (Å²) in [6.07, 6.45) is 1.58.